The van der Waals surface area contributed by atoms with Crippen LogP contribution >= 0.6 is 12.2 Å². The Kier molecular flexibility index (Phi) is 5.09. The predicted molar refractivity (Wildman–Crippen MR) is 75.4 cm³/mol. The van der Waals surface area contributed by atoms with Crippen LogP contribution in [0.3, 0.4) is 0 Å². The molecule has 0 fully saturated rings. The number of phenols is 1. The largest absolute Gasteiger partial charge is 0.508 e. The van der Waals surface area contributed by atoms with Crippen molar-refractivity contribution in [3.63, 3.8) is 0 Å². The summed E-state index contributed by atoms with van der Waals surface area (Å²) in [5.74, 6) is 0.137. The fraction of sp³-hybridized carbons (Fsp3) is 0.385. The quantitative estimate of drug-likeness (QED) is 0.703. The first kappa shape index (κ1) is 14.4. The van der Waals surface area contributed by atoms with Gasteiger partial charge >= 0.3 is 0 Å². The standard InChI is InChI=1S/C13H18N2O2S/c1-8(2)12(13(14)18)15-11(17)7-9-4-3-5-10(16)6-9/h3-6,8,12,16H,7H2,1-2H3,(H2,14,18)(H,15,17). The Morgan fingerprint density at radius 2 is 2.17 bits per heavy atom. The van der Waals surface area contributed by atoms with Crippen LogP contribution in [0.5, 0.6) is 5.75 Å². The monoisotopic (exact) mass is 266 g/mol. The van der Waals surface area contributed by atoms with Gasteiger partial charge in [-0.1, -0.05) is 38.2 Å². The molecule has 0 aromatic heterocycles. The zero-order valence-electron chi connectivity index (χ0n) is 10.5. The summed E-state index contributed by atoms with van der Waals surface area (Å²) in [5, 5.41) is 12.1. The third-order valence-corrected chi connectivity index (χ3v) is 2.82. The Balaban J connectivity index is 2.63. The molecular weight excluding hydrogens is 248 g/mol. The van der Waals surface area contributed by atoms with Crippen LogP contribution in [0.2, 0.25) is 0 Å². The molecule has 0 aliphatic rings. The zero-order valence-corrected chi connectivity index (χ0v) is 11.3. The molecule has 1 rings (SSSR count). The van der Waals surface area contributed by atoms with E-state index in [1.807, 2.05) is 13.8 Å². The minimum absolute atomic E-state index is 0.148. The maximum atomic E-state index is 11.8. The van der Waals surface area contributed by atoms with Crippen molar-refractivity contribution in [1.82, 2.24) is 5.32 Å². The lowest BCUT2D eigenvalue weighted by molar-refractivity contribution is -0.120. The van der Waals surface area contributed by atoms with Crippen LogP contribution in [-0.4, -0.2) is 22.0 Å². The minimum Gasteiger partial charge on any atom is -0.508 e. The Bertz CT molecular complexity index is 446. The van der Waals surface area contributed by atoms with Crippen molar-refractivity contribution in [3.05, 3.63) is 29.8 Å². The van der Waals surface area contributed by atoms with E-state index in [2.05, 4.69) is 5.32 Å². The van der Waals surface area contributed by atoms with Crippen molar-refractivity contribution in [3.8, 4) is 5.75 Å². The number of thiocarbonyl (C=S) groups is 1. The van der Waals surface area contributed by atoms with Crippen molar-refractivity contribution in [2.24, 2.45) is 11.7 Å². The SMILES string of the molecule is CC(C)C(NC(=O)Cc1cccc(O)c1)C(N)=S. The third-order valence-electron chi connectivity index (χ3n) is 2.56. The molecule has 5 heteroatoms. The summed E-state index contributed by atoms with van der Waals surface area (Å²) in [6.45, 7) is 3.89. The Morgan fingerprint density at radius 3 is 2.67 bits per heavy atom. The number of benzene rings is 1. The Labute approximate surface area is 112 Å². The smallest absolute Gasteiger partial charge is 0.224 e. The lowest BCUT2D eigenvalue weighted by Crippen LogP contribution is -2.47. The fourth-order valence-electron chi connectivity index (χ4n) is 1.64. The molecule has 18 heavy (non-hydrogen) atoms. The second-order valence-corrected chi connectivity index (χ2v) is 5.01. The lowest BCUT2D eigenvalue weighted by atomic mass is 10.0. The molecular formula is C13H18N2O2S. The number of aromatic hydroxyl groups is 1. The van der Waals surface area contributed by atoms with Crippen molar-refractivity contribution < 1.29 is 9.90 Å². The van der Waals surface area contributed by atoms with E-state index in [-0.39, 0.29) is 35.0 Å². The molecule has 0 saturated heterocycles. The average molecular weight is 266 g/mol. The van der Waals surface area contributed by atoms with Gasteiger partial charge in [0.25, 0.3) is 0 Å². The van der Waals surface area contributed by atoms with Gasteiger partial charge in [-0.05, 0) is 23.6 Å². The number of carbonyl (C=O) groups is 1. The molecule has 0 radical (unpaired) electrons. The summed E-state index contributed by atoms with van der Waals surface area (Å²) < 4.78 is 0. The summed E-state index contributed by atoms with van der Waals surface area (Å²) in [4.78, 5) is 12.1. The topological polar surface area (TPSA) is 75.3 Å². The van der Waals surface area contributed by atoms with Gasteiger partial charge in [-0.2, -0.15) is 0 Å². The van der Waals surface area contributed by atoms with Gasteiger partial charge in [0.05, 0.1) is 17.5 Å². The number of nitrogens with one attached hydrogen (secondary N) is 1. The van der Waals surface area contributed by atoms with E-state index in [4.69, 9.17) is 18.0 Å². The van der Waals surface area contributed by atoms with Crippen LogP contribution in [0.15, 0.2) is 24.3 Å². The molecule has 0 spiro atoms. The van der Waals surface area contributed by atoms with E-state index in [1.54, 1.807) is 24.3 Å². The maximum Gasteiger partial charge on any atom is 0.224 e. The van der Waals surface area contributed by atoms with Gasteiger partial charge in [0.15, 0.2) is 0 Å². The molecule has 0 saturated carbocycles. The second kappa shape index (κ2) is 6.35. The molecule has 1 aromatic rings. The van der Waals surface area contributed by atoms with E-state index in [9.17, 15) is 9.90 Å². The number of rotatable bonds is 5. The molecule has 0 heterocycles. The first-order valence-electron chi connectivity index (χ1n) is 5.76. The highest BCUT2D eigenvalue weighted by molar-refractivity contribution is 7.80. The lowest BCUT2D eigenvalue weighted by Gasteiger charge is -2.21. The molecule has 0 aliphatic heterocycles. The van der Waals surface area contributed by atoms with Crippen molar-refractivity contribution in [1.29, 1.82) is 0 Å². The van der Waals surface area contributed by atoms with Crippen molar-refractivity contribution in [2.75, 3.05) is 0 Å². The van der Waals surface area contributed by atoms with Crippen LogP contribution in [0, 0.1) is 5.92 Å². The third kappa shape index (κ3) is 4.33. The first-order valence-corrected chi connectivity index (χ1v) is 6.17. The van der Waals surface area contributed by atoms with Crippen molar-refractivity contribution >= 4 is 23.1 Å². The molecule has 1 unspecified atom stereocenters. The van der Waals surface area contributed by atoms with Gasteiger partial charge in [0, 0.05) is 0 Å². The van der Waals surface area contributed by atoms with Gasteiger partial charge in [0.1, 0.15) is 5.75 Å². The molecule has 0 bridgehead atoms. The van der Waals surface area contributed by atoms with Crippen LogP contribution in [-0.2, 0) is 11.2 Å². The summed E-state index contributed by atoms with van der Waals surface area (Å²) in [5.41, 5.74) is 6.33. The van der Waals surface area contributed by atoms with E-state index < -0.39 is 0 Å². The number of hydrogen-bond acceptors (Lipinski definition) is 3. The van der Waals surface area contributed by atoms with Gasteiger partial charge in [-0.3, -0.25) is 4.79 Å². The van der Waals surface area contributed by atoms with Crippen molar-refractivity contribution in [2.45, 2.75) is 26.3 Å². The number of phenolic OH excluding ortho intramolecular Hbond substituents is 1. The van der Waals surface area contributed by atoms with Crippen LogP contribution < -0.4 is 11.1 Å². The van der Waals surface area contributed by atoms with Gasteiger partial charge < -0.3 is 16.2 Å². The second-order valence-electron chi connectivity index (χ2n) is 4.54. The molecule has 98 valence electrons. The molecule has 4 nitrogen and oxygen atoms in total. The molecule has 1 aromatic carbocycles. The van der Waals surface area contributed by atoms with Crippen LogP contribution in [0.4, 0.5) is 0 Å². The summed E-state index contributed by atoms with van der Waals surface area (Å²) in [6, 6.07) is 6.30. The average Bonchev–Trinajstić information content (AvgIpc) is 2.25. The van der Waals surface area contributed by atoms with E-state index in [0.29, 0.717) is 0 Å². The predicted octanol–water partition coefficient (Wildman–Crippen LogP) is 1.36. The number of nitrogens with two attached hydrogens (primary N) is 1. The van der Waals surface area contributed by atoms with Gasteiger partial charge in [-0.25, -0.2) is 0 Å². The Morgan fingerprint density at radius 1 is 1.50 bits per heavy atom. The molecule has 4 N–H and O–H groups in total. The highest BCUT2D eigenvalue weighted by Gasteiger charge is 2.18. The number of carbonyl (C=O) groups excluding carboxylic acids is 1. The zero-order chi connectivity index (χ0) is 13.7. The molecule has 0 aliphatic carbocycles. The summed E-state index contributed by atoms with van der Waals surface area (Å²) in [6.07, 6.45) is 0.195. The molecule has 1 atom stereocenters. The molecule has 1 amide bonds. The van der Waals surface area contributed by atoms with Gasteiger partial charge in [-0.15, -0.1) is 0 Å². The highest BCUT2D eigenvalue weighted by Crippen LogP contribution is 2.11. The van der Waals surface area contributed by atoms with E-state index in [0.717, 1.165) is 5.56 Å². The maximum absolute atomic E-state index is 11.8. The fourth-order valence-corrected chi connectivity index (χ4v) is 1.97. The van der Waals surface area contributed by atoms with Crippen LogP contribution in [0.25, 0.3) is 0 Å². The van der Waals surface area contributed by atoms with Crippen LogP contribution in [0.1, 0.15) is 19.4 Å². The van der Waals surface area contributed by atoms with E-state index in [1.165, 1.54) is 0 Å². The number of amides is 1. The highest BCUT2D eigenvalue weighted by atomic mass is 32.1. The first-order chi connectivity index (χ1) is 8.40. The Hall–Kier alpha value is -1.62. The van der Waals surface area contributed by atoms with Gasteiger partial charge in [0.2, 0.25) is 5.91 Å². The minimum atomic E-state index is -0.301. The summed E-state index contributed by atoms with van der Waals surface area (Å²) >= 11 is 4.92. The summed E-state index contributed by atoms with van der Waals surface area (Å²) in [7, 11) is 0. The van der Waals surface area contributed by atoms with E-state index >= 15 is 0 Å². The number of hydrogen-bond donors (Lipinski definition) is 3. The normalized spacial score (nSPS) is 12.2.